The van der Waals surface area contributed by atoms with E-state index >= 15 is 0 Å². The van der Waals surface area contributed by atoms with Crippen molar-refractivity contribution in [2.24, 2.45) is 5.84 Å². The third kappa shape index (κ3) is 2.33. The van der Waals surface area contributed by atoms with Gasteiger partial charge in [-0.15, -0.1) is 0 Å². The first-order chi connectivity index (χ1) is 9.20. The fourth-order valence-electron chi connectivity index (χ4n) is 2.80. The van der Waals surface area contributed by atoms with Crippen LogP contribution in [-0.2, 0) is 0 Å². The minimum atomic E-state index is 0.128. The Morgan fingerprint density at radius 1 is 1.16 bits per heavy atom. The molecule has 3 rings (SSSR count). The van der Waals surface area contributed by atoms with E-state index in [1.54, 1.807) is 0 Å². The van der Waals surface area contributed by atoms with E-state index in [0.717, 1.165) is 16.7 Å². The second-order valence-corrected chi connectivity index (χ2v) is 5.45. The summed E-state index contributed by atoms with van der Waals surface area (Å²) in [6, 6.07) is 7.98. The second-order valence-electron chi connectivity index (χ2n) is 5.45. The van der Waals surface area contributed by atoms with Crippen LogP contribution in [0.3, 0.4) is 0 Å². The SMILES string of the molecule is CC1(Nc2nc(NN)nc3ccccc23)CCCC1. The van der Waals surface area contributed by atoms with Crippen LogP contribution >= 0.6 is 0 Å². The quantitative estimate of drug-likeness (QED) is 0.582. The van der Waals surface area contributed by atoms with Crippen molar-refractivity contribution in [2.75, 3.05) is 10.7 Å². The van der Waals surface area contributed by atoms with Gasteiger partial charge in [0.2, 0.25) is 5.95 Å². The molecule has 0 saturated heterocycles. The Balaban J connectivity index is 2.05. The number of aromatic nitrogens is 2. The van der Waals surface area contributed by atoms with Gasteiger partial charge in [-0.1, -0.05) is 25.0 Å². The van der Waals surface area contributed by atoms with Crippen LogP contribution in [0.2, 0.25) is 0 Å². The third-order valence-electron chi connectivity index (χ3n) is 3.86. The zero-order chi connectivity index (χ0) is 13.3. The highest BCUT2D eigenvalue weighted by atomic mass is 15.3. The van der Waals surface area contributed by atoms with E-state index < -0.39 is 0 Å². The van der Waals surface area contributed by atoms with Crippen LogP contribution in [0.4, 0.5) is 11.8 Å². The molecule has 0 radical (unpaired) electrons. The molecule has 0 aliphatic heterocycles. The van der Waals surface area contributed by atoms with Crippen LogP contribution < -0.4 is 16.6 Å². The first kappa shape index (κ1) is 12.2. The lowest BCUT2D eigenvalue weighted by atomic mass is 10.0. The topological polar surface area (TPSA) is 75.9 Å². The van der Waals surface area contributed by atoms with Crippen LogP contribution in [0.1, 0.15) is 32.6 Å². The smallest absolute Gasteiger partial charge is 0.239 e. The summed E-state index contributed by atoms with van der Waals surface area (Å²) in [7, 11) is 0. The highest BCUT2D eigenvalue weighted by molar-refractivity contribution is 5.90. The molecule has 1 saturated carbocycles. The molecule has 0 spiro atoms. The first-order valence-electron chi connectivity index (χ1n) is 6.72. The van der Waals surface area contributed by atoms with Gasteiger partial charge in [-0.3, -0.25) is 5.43 Å². The van der Waals surface area contributed by atoms with E-state index in [1.165, 1.54) is 25.7 Å². The van der Waals surface area contributed by atoms with Crippen molar-refractivity contribution in [3.63, 3.8) is 0 Å². The van der Waals surface area contributed by atoms with Gasteiger partial charge in [0.15, 0.2) is 0 Å². The minimum Gasteiger partial charge on any atom is -0.364 e. The lowest BCUT2D eigenvalue weighted by molar-refractivity contribution is 0.532. The Labute approximate surface area is 112 Å². The van der Waals surface area contributed by atoms with Crippen molar-refractivity contribution in [2.45, 2.75) is 38.1 Å². The van der Waals surface area contributed by atoms with Gasteiger partial charge in [-0.2, -0.15) is 4.98 Å². The van der Waals surface area contributed by atoms with Crippen molar-refractivity contribution in [3.05, 3.63) is 24.3 Å². The number of benzene rings is 1. The Bertz CT molecular complexity index is 589. The normalized spacial score (nSPS) is 17.6. The number of fused-ring (bicyclic) bond motifs is 1. The maximum absolute atomic E-state index is 5.45. The van der Waals surface area contributed by atoms with E-state index in [1.807, 2.05) is 24.3 Å². The summed E-state index contributed by atoms with van der Waals surface area (Å²) in [5.74, 6) is 6.76. The first-order valence-corrected chi connectivity index (χ1v) is 6.72. The molecule has 5 nitrogen and oxygen atoms in total. The van der Waals surface area contributed by atoms with Crippen molar-refractivity contribution in [3.8, 4) is 0 Å². The Hall–Kier alpha value is -1.88. The van der Waals surface area contributed by atoms with Crippen LogP contribution in [0.5, 0.6) is 0 Å². The molecule has 100 valence electrons. The van der Waals surface area contributed by atoms with Crippen molar-refractivity contribution in [1.82, 2.24) is 9.97 Å². The van der Waals surface area contributed by atoms with Crippen LogP contribution in [0, 0.1) is 0 Å². The van der Waals surface area contributed by atoms with Gasteiger partial charge in [-0.05, 0) is 31.9 Å². The van der Waals surface area contributed by atoms with Gasteiger partial charge < -0.3 is 5.32 Å². The minimum absolute atomic E-state index is 0.128. The van der Waals surface area contributed by atoms with Gasteiger partial charge in [0.05, 0.1) is 5.52 Å². The van der Waals surface area contributed by atoms with E-state index in [9.17, 15) is 0 Å². The van der Waals surface area contributed by atoms with Gasteiger partial charge in [0, 0.05) is 10.9 Å². The zero-order valence-electron chi connectivity index (χ0n) is 11.1. The monoisotopic (exact) mass is 257 g/mol. The molecule has 2 aromatic rings. The van der Waals surface area contributed by atoms with E-state index in [-0.39, 0.29) is 5.54 Å². The zero-order valence-corrected chi connectivity index (χ0v) is 11.1. The summed E-state index contributed by atoms with van der Waals surface area (Å²) in [5, 5.41) is 4.62. The Kier molecular flexibility index (Phi) is 2.98. The van der Waals surface area contributed by atoms with E-state index in [2.05, 4.69) is 27.6 Å². The van der Waals surface area contributed by atoms with E-state index in [0.29, 0.717) is 5.95 Å². The van der Waals surface area contributed by atoms with Crippen molar-refractivity contribution < 1.29 is 0 Å². The van der Waals surface area contributed by atoms with Crippen molar-refractivity contribution in [1.29, 1.82) is 0 Å². The molecule has 0 amide bonds. The molecule has 4 N–H and O–H groups in total. The highest BCUT2D eigenvalue weighted by Crippen LogP contribution is 2.34. The number of nitrogens with two attached hydrogens (primary N) is 1. The molecule has 0 atom stereocenters. The second kappa shape index (κ2) is 4.66. The molecule has 1 aromatic carbocycles. The van der Waals surface area contributed by atoms with Gasteiger partial charge in [-0.25, -0.2) is 10.8 Å². The standard InChI is InChI=1S/C14H19N5/c1-14(8-4-5-9-14)18-12-10-6-2-3-7-11(10)16-13(17-12)19-15/h2-3,6-7H,4-5,8-9,15H2,1H3,(H2,16,17,18,19). The summed E-state index contributed by atoms with van der Waals surface area (Å²) in [4.78, 5) is 8.83. The maximum atomic E-state index is 5.45. The van der Waals surface area contributed by atoms with Crippen LogP contribution in [-0.4, -0.2) is 15.5 Å². The summed E-state index contributed by atoms with van der Waals surface area (Å²) >= 11 is 0. The average molecular weight is 257 g/mol. The number of para-hydroxylation sites is 1. The lowest BCUT2D eigenvalue weighted by Crippen LogP contribution is -2.31. The summed E-state index contributed by atoms with van der Waals surface area (Å²) < 4.78 is 0. The number of hydrogen-bond acceptors (Lipinski definition) is 5. The third-order valence-corrected chi connectivity index (χ3v) is 3.86. The van der Waals surface area contributed by atoms with Crippen LogP contribution in [0.25, 0.3) is 10.9 Å². The number of hydrazine groups is 1. The Morgan fingerprint density at radius 2 is 1.89 bits per heavy atom. The number of rotatable bonds is 3. The molecule has 0 bridgehead atoms. The average Bonchev–Trinajstić information content (AvgIpc) is 2.85. The highest BCUT2D eigenvalue weighted by Gasteiger charge is 2.29. The molecule has 0 unspecified atom stereocenters. The molecule has 1 aromatic heterocycles. The molecule has 1 aliphatic rings. The van der Waals surface area contributed by atoms with Gasteiger partial charge in [0.1, 0.15) is 5.82 Å². The summed E-state index contributed by atoms with van der Waals surface area (Å²) in [6.07, 6.45) is 4.90. The van der Waals surface area contributed by atoms with Crippen molar-refractivity contribution >= 4 is 22.7 Å². The predicted molar refractivity (Wildman–Crippen MR) is 77.8 cm³/mol. The summed E-state index contributed by atoms with van der Waals surface area (Å²) in [6.45, 7) is 2.26. The molecule has 19 heavy (non-hydrogen) atoms. The largest absolute Gasteiger partial charge is 0.364 e. The fraction of sp³-hybridized carbons (Fsp3) is 0.429. The molecule has 1 aliphatic carbocycles. The number of nitrogens with zero attached hydrogens (tertiary/aromatic N) is 2. The summed E-state index contributed by atoms with van der Waals surface area (Å²) in [5.41, 5.74) is 3.56. The number of hydrogen-bond donors (Lipinski definition) is 3. The molecule has 1 heterocycles. The van der Waals surface area contributed by atoms with E-state index in [4.69, 9.17) is 5.84 Å². The number of nitrogens with one attached hydrogen (secondary N) is 2. The molecule has 5 heteroatoms. The number of nitrogen functional groups attached to an aromatic ring is 1. The fourth-order valence-corrected chi connectivity index (χ4v) is 2.80. The predicted octanol–water partition coefficient (Wildman–Crippen LogP) is 2.66. The molecular weight excluding hydrogens is 238 g/mol. The Morgan fingerprint density at radius 3 is 2.63 bits per heavy atom. The van der Waals surface area contributed by atoms with Gasteiger partial charge >= 0.3 is 0 Å². The molecular formula is C14H19N5. The lowest BCUT2D eigenvalue weighted by Gasteiger charge is -2.26. The van der Waals surface area contributed by atoms with Crippen LogP contribution in [0.15, 0.2) is 24.3 Å². The molecule has 1 fully saturated rings. The maximum Gasteiger partial charge on any atom is 0.239 e. The number of anilines is 2. The van der Waals surface area contributed by atoms with Gasteiger partial charge in [0.25, 0.3) is 0 Å².